The third-order valence-corrected chi connectivity index (χ3v) is 8.55. The maximum atomic E-state index is 14.2. The standard InChI is InChI=1S/C30H30ClFN4O5S/c1-39-26-11-6-18(13-27(26)40-2)16-36(19-7-9-24(32)23(31)14-19)28-22-15-20(8-10-25(22)33-29(34-28)41-3)42-21-5-4-12-35(17-21)30(37)38/h6-11,13-15,21H,4-5,12,16-17H2,1-3H3,(H,37,38). The van der Waals surface area contributed by atoms with Crippen LogP contribution >= 0.6 is 23.4 Å². The van der Waals surface area contributed by atoms with Gasteiger partial charge in [-0.25, -0.2) is 9.18 Å². The number of nitrogens with zero attached hydrogens (tertiary/aromatic N) is 4. The first-order chi connectivity index (χ1) is 20.3. The van der Waals surface area contributed by atoms with Crippen molar-refractivity contribution in [3.63, 3.8) is 0 Å². The lowest BCUT2D eigenvalue weighted by Gasteiger charge is -2.30. The summed E-state index contributed by atoms with van der Waals surface area (Å²) in [6, 6.07) is 16.2. The molecule has 3 aromatic carbocycles. The Morgan fingerprint density at radius 1 is 1.07 bits per heavy atom. The molecule has 1 saturated heterocycles. The minimum atomic E-state index is -0.898. The molecule has 42 heavy (non-hydrogen) atoms. The van der Waals surface area contributed by atoms with Crippen LogP contribution in [0.15, 0.2) is 59.5 Å². The number of thioether (sulfide) groups is 1. The molecule has 0 aliphatic carbocycles. The minimum absolute atomic E-state index is 0.0216. The van der Waals surface area contributed by atoms with E-state index in [1.165, 1.54) is 18.1 Å². The second-order valence-corrected chi connectivity index (χ2v) is 11.5. The molecule has 1 aliphatic heterocycles. The molecule has 9 nitrogen and oxygen atoms in total. The second kappa shape index (κ2) is 12.9. The van der Waals surface area contributed by atoms with Crippen LogP contribution in [0, 0.1) is 5.82 Å². The number of rotatable bonds is 9. The van der Waals surface area contributed by atoms with Gasteiger partial charge in [-0.3, -0.25) is 0 Å². The Bertz CT molecular complexity index is 1610. The molecule has 1 amide bonds. The first-order valence-corrected chi connectivity index (χ1v) is 14.5. The minimum Gasteiger partial charge on any atom is -0.493 e. The molecule has 1 fully saturated rings. The van der Waals surface area contributed by atoms with E-state index in [0.29, 0.717) is 48.2 Å². The van der Waals surface area contributed by atoms with Crippen molar-refractivity contribution in [2.75, 3.05) is 39.3 Å². The predicted molar refractivity (Wildman–Crippen MR) is 161 cm³/mol. The number of benzene rings is 3. The van der Waals surface area contributed by atoms with Gasteiger partial charge in [-0.15, -0.1) is 11.8 Å². The van der Waals surface area contributed by atoms with E-state index in [4.69, 9.17) is 30.8 Å². The summed E-state index contributed by atoms with van der Waals surface area (Å²) in [5.41, 5.74) is 2.14. The highest BCUT2D eigenvalue weighted by Crippen LogP contribution is 2.39. The summed E-state index contributed by atoms with van der Waals surface area (Å²) in [5.74, 6) is 1.17. The zero-order valence-electron chi connectivity index (χ0n) is 23.3. The predicted octanol–water partition coefficient (Wildman–Crippen LogP) is 7.02. The van der Waals surface area contributed by atoms with Crippen molar-refractivity contribution in [3.8, 4) is 17.5 Å². The van der Waals surface area contributed by atoms with E-state index in [2.05, 4.69) is 4.98 Å². The number of carboxylic acid groups (broad SMARTS) is 1. The number of methoxy groups -OCH3 is 3. The summed E-state index contributed by atoms with van der Waals surface area (Å²) in [7, 11) is 4.65. The first kappa shape index (κ1) is 29.5. The smallest absolute Gasteiger partial charge is 0.407 e. The fourth-order valence-electron chi connectivity index (χ4n) is 4.94. The topological polar surface area (TPSA) is 97.3 Å². The number of piperidine rings is 1. The number of halogens is 2. The number of fused-ring (bicyclic) bond motifs is 1. The van der Waals surface area contributed by atoms with Gasteiger partial charge in [0.2, 0.25) is 0 Å². The summed E-state index contributed by atoms with van der Waals surface area (Å²) in [6.45, 7) is 1.34. The third kappa shape index (κ3) is 6.42. The molecule has 1 aromatic heterocycles. The van der Waals surface area contributed by atoms with Crippen LogP contribution in [0.3, 0.4) is 0 Å². The Labute approximate surface area is 252 Å². The van der Waals surface area contributed by atoms with Crippen LogP contribution in [0.25, 0.3) is 10.9 Å². The molecule has 5 rings (SSSR count). The molecule has 1 atom stereocenters. The highest BCUT2D eigenvalue weighted by molar-refractivity contribution is 8.00. The van der Waals surface area contributed by atoms with Crippen LogP contribution in [0.2, 0.25) is 5.02 Å². The van der Waals surface area contributed by atoms with Crippen molar-refractivity contribution in [2.24, 2.45) is 0 Å². The van der Waals surface area contributed by atoms with Crippen molar-refractivity contribution in [1.82, 2.24) is 14.9 Å². The van der Waals surface area contributed by atoms with Crippen LogP contribution in [0.1, 0.15) is 18.4 Å². The fourth-order valence-corrected chi connectivity index (χ4v) is 6.38. The van der Waals surface area contributed by atoms with Crippen molar-refractivity contribution in [2.45, 2.75) is 29.5 Å². The average Bonchev–Trinajstić information content (AvgIpc) is 3.00. The van der Waals surface area contributed by atoms with E-state index in [-0.39, 0.29) is 16.3 Å². The van der Waals surface area contributed by atoms with Gasteiger partial charge in [-0.05, 0) is 66.9 Å². The number of amides is 1. The monoisotopic (exact) mass is 612 g/mol. The van der Waals surface area contributed by atoms with Crippen molar-refractivity contribution >= 4 is 51.9 Å². The Kier molecular flexibility index (Phi) is 9.08. The van der Waals surface area contributed by atoms with Gasteiger partial charge < -0.3 is 29.1 Å². The molecule has 0 radical (unpaired) electrons. The SMILES string of the molecule is COc1nc(N(Cc2ccc(OC)c(OC)c2)c2ccc(F)c(Cl)c2)c2cc(SC3CCCN(C(=O)O)C3)ccc2n1. The number of ether oxygens (including phenoxy) is 3. The molecule has 0 saturated carbocycles. The van der Waals surface area contributed by atoms with E-state index >= 15 is 0 Å². The third-order valence-electron chi connectivity index (χ3n) is 7.02. The lowest BCUT2D eigenvalue weighted by Crippen LogP contribution is -2.40. The Morgan fingerprint density at radius 3 is 2.60 bits per heavy atom. The normalized spacial score (nSPS) is 15.0. The first-order valence-electron chi connectivity index (χ1n) is 13.2. The number of hydrogen-bond donors (Lipinski definition) is 1. The number of hydrogen-bond acceptors (Lipinski definition) is 8. The molecule has 1 unspecified atom stereocenters. The number of carbonyl (C=O) groups is 1. The van der Waals surface area contributed by atoms with E-state index in [1.807, 2.05) is 41.3 Å². The van der Waals surface area contributed by atoms with Crippen molar-refractivity contribution in [1.29, 1.82) is 0 Å². The summed E-state index contributed by atoms with van der Waals surface area (Å²) in [4.78, 5) is 25.2. The summed E-state index contributed by atoms with van der Waals surface area (Å²) >= 11 is 7.87. The summed E-state index contributed by atoms with van der Waals surface area (Å²) < 4.78 is 30.6. The Morgan fingerprint density at radius 2 is 1.88 bits per heavy atom. The van der Waals surface area contributed by atoms with Gasteiger partial charge in [0, 0.05) is 40.9 Å². The van der Waals surface area contributed by atoms with Gasteiger partial charge in [0.15, 0.2) is 11.5 Å². The molecule has 2 heterocycles. The Hall–Kier alpha value is -3.96. The zero-order chi connectivity index (χ0) is 29.8. The average molecular weight is 613 g/mol. The maximum Gasteiger partial charge on any atom is 0.407 e. The molecule has 1 aliphatic rings. The molecule has 0 spiro atoms. The molecular weight excluding hydrogens is 583 g/mol. The highest BCUT2D eigenvalue weighted by Gasteiger charge is 2.25. The lowest BCUT2D eigenvalue weighted by atomic mass is 10.1. The maximum absolute atomic E-state index is 14.2. The molecule has 12 heteroatoms. The lowest BCUT2D eigenvalue weighted by molar-refractivity contribution is 0.137. The Balaban J connectivity index is 1.60. The van der Waals surface area contributed by atoms with E-state index in [1.54, 1.807) is 38.1 Å². The number of aromatic nitrogens is 2. The van der Waals surface area contributed by atoms with E-state index in [9.17, 15) is 14.3 Å². The van der Waals surface area contributed by atoms with E-state index < -0.39 is 11.9 Å². The molecule has 1 N–H and O–H groups in total. The van der Waals surface area contributed by atoms with Gasteiger partial charge in [-0.2, -0.15) is 9.97 Å². The van der Waals surface area contributed by atoms with Crippen molar-refractivity contribution < 1.29 is 28.5 Å². The van der Waals surface area contributed by atoms with Gasteiger partial charge in [-0.1, -0.05) is 17.7 Å². The second-order valence-electron chi connectivity index (χ2n) is 9.70. The van der Waals surface area contributed by atoms with Gasteiger partial charge in [0.25, 0.3) is 0 Å². The number of likely N-dealkylation sites (tertiary alicyclic amines) is 1. The molecular formula is C30H30ClFN4O5S. The van der Waals surface area contributed by atoms with Gasteiger partial charge >= 0.3 is 12.1 Å². The highest BCUT2D eigenvalue weighted by atomic mass is 35.5. The number of anilines is 2. The van der Waals surface area contributed by atoms with Crippen LogP contribution in [-0.4, -0.2) is 65.7 Å². The van der Waals surface area contributed by atoms with Crippen LogP contribution in [-0.2, 0) is 6.54 Å². The summed E-state index contributed by atoms with van der Waals surface area (Å²) in [6.07, 6.45) is 0.830. The largest absolute Gasteiger partial charge is 0.493 e. The quantitative estimate of drug-likeness (QED) is 0.214. The van der Waals surface area contributed by atoms with Gasteiger partial charge in [0.05, 0.1) is 31.9 Å². The van der Waals surface area contributed by atoms with Crippen LogP contribution < -0.4 is 19.1 Å². The molecule has 220 valence electrons. The van der Waals surface area contributed by atoms with E-state index in [0.717, 1.165) is 28.7 Å². The van der Waals surface area contributed by atoms with Crippen molar-refractivity contribution in [3.05, 3.63) is 71.0 Å². The molecule has 0 bridgehead atoms. The van der Waals surface area contributed by atoms with Crippen LogP contribution in [0.4, 0.5) is 20.7 Å². The fraction of sp³-hybridized carbons (Fsp3) is 0.300. The summed E-state index contributed by atoms with van der Waals surface area (Å²) in [5, 5.41) is 10.3. The van der Waals surface area contributed by atoms with Crippen LogP contribution in [0.5, 0.6) is 17.5 Å². The zero-order valence-corrected chi connectivity index (χ0v) is 24.9. The molecule has 4 aromatic rings. The van der Waals surface area contributed by atoms with Gasteiger partial charge in [0.1, 0.15) is 11.6 Å².